The van der Waals surface area contributed by atoms with Crippen molar-refractivity contribution in [2.24, 2.45) is 5.73 Å². The number of aryl methyl sites for hydroxylation is 1. The maximum atomic E-state index is 13.5. The van der Waals surface area contributed by atoms with E-state index in [4.69, 9.17) is 5.73 Å². The summed E-state index contributed by atoms with van der Waals surface area (Å²) in [6, 6.07) is 12.7. The predicted octanol–water partition coefficient (Wildman–Crippen LogP) is 2.77. The second kappa shape index (κ2) is 5.63. The van der Waals surface area contributed by atoms with Crippen LogP contribution in [0.3, 0.4) is 0 Å². The maximum absolute atomic E-state index is 13.5. The average molecular weight is 258 g/mol. The van der Waals surface area contributed by atoms with Gasteiger partial charge in [0, 0.05) is 0 Å². The molecule has 98 valence electrons. The van der Waals surface area contributed by atoms with Gasteiger partial charge in [-0.3, -0.25) is 4.79 Å². The molecule has 0 saturated carbocycles. The third kappa shape index (κ3) is 3.17. The molecule has 4 heteroatoms. The lowest BCUT2D eigenvalue weighted by molar-refractivity contribution is -0.117. The van der Waals surface area contributed by atoms with E-state index in [0.29, 0.717) is 5.56 Å². The molecule has 0 bridgehead atoms. The van der Waals surface area contributed by atoms with Crippen molar-refractivity contribution in [3.8, 4) is 0 Å². The summed E-state index contributed by atoms with van der Waals surface area (Å²) in [5.41, 5.74) is 7.54. The summed E-state index contributed by atoms with van der Waals surface area (Å²) < 4.78 is 13.5. The van der Waals surface area contributed by atoms with E-state index in [9.17, 15) is 9.18 Å². The number of halogens is 1. The number of benzene rings is 2. The van der Waals surface area contributed by atoms with Crippen LogP contribution in [0.4, 0.5) is 10.1 Å². The largest absolute Gasteiger partial charge is 0.322 e. The fourth-order valence-corrected chi connectivity index (χ4v) is 1.76. The number of carbonyl (C=O) groups excluding carboxylic acids is 1. The van der Waals surface area contributed by atoms with Crippen molar-refractivity contribution >= 4 is 11.6 Å². The molecule has 0 heterocycles. The van der Waals surface area contributed by atoms with Crippen molar-refractivity contribution in [3.05, 3.63) is 65.5 Å². The summed E-state index contributed by atoms with van der Waals surface area (Å²) in [7, 11) is 0. The van der Waals surface area contributed by atoms with E-state index in [1.165, 1.54) is 6.07 Å². The van der Waals surface area contributed by atoms with E-state index in [-0.39, 0.29) is 5.69 Å². The lowest BCUT2D eigenvalue weighted by atomic mass is 10.1. The minimum absolute atomic E-state index is 0.149. The Morgan fingerprint density at radius 1 is 1.21 bits per heavy atom. The van der Waals surface area contributed by atoms with Crippen LogP contribution in [0.1, 0.15) is 17.2 Å². The molecule has 1 atom stereocenters. The van der Waals surface area contributed by atoms with Gasteiger partial charge in [-0.15, -0.1) is 0 Å². The molecular weight excluding hydrogens is 243 g/mol. The van der Waals surface area contributed by atoms with Gasteiger partial charge < -0.3 is 11.1 Å². The minimum Gasteiger partial charge on any atom is -0.322 e. The molecule has 2 aromatic rings. The first-order valence-electron chi connectivity index (χ1n) is 5.95. The Kier molecular flexibility index (Phi) is 3.92. The summed E-state index contributed by atoms with van der Waals surface area (Å²) in [5, 5.41) is 2.51. The second-order valence-corrected chi connectivity index (χ2v) is 4.36. The molecule has 3 N–H and O–H groups in total. The molecule has 1 amide bonds. The summed E-state index contributed by atoms with van der Waals surface area (Å²) in [6.45, 7) is 1.83. The van der Waals surface area contributed by atoms with Gasteiger partial charge >= 0.3 is 0 Å². The summed E-state index contributed by atoms with van der Waals surface area (Å²) in [5.74, 6) is -0.907. The van der Waals surface area contributed by atoms with Crippen LogP contribution >= 0.6 is 0 Å². The smallest absolute Gasteiger partial charge is 0.245 e. The van der Waals surface area contributed by atoms with E-state index >= 15 is 0 Å². The summed E-state index contributed by atoms with van der Waals surface area (Å²) >= 11 is 0. The highest BCUT2D eigenvalue weighted by Crippen LogP contribution is 2.18. The first-order valence-corrected chi connectivity index (χ1v) is 5.95. The number of anilines is 1. The van der Waals surface area contributed by atoms with Crippen LogP contribution in [0.5, 0.6) is 0 Å². The van der Waals surface area contributed by atoms with E-state index in [2.05, 4.69) is 5.32 Å². The van der Waals surface area contributed by atoms with Gasteiger partial charge in [0.1, 0.15) is 11.9 Å². The van der Waals surface area contributed by atoms with Gasteiger partial charge in [0.25, 0.3) is 0 Å². The van der Waals surface area contributed by atoms with Crippen molar-refractivity contribution in [1.82, 2.24) is 0 Å². The molecule has 0 spiro atoms. The monoisotopic (exact) mass is 258 g/mol. The minimum atomic E-state index is -0.818. The molecule has 0 fully saturated rings. The van der Waals surface area contributed by atoms with Crippen molar-refractivity contribution < 1.29 is 9.18 Å². The van der Waals surface area contributed by atoms with Crippen molar-refractivity contribution in [1.29, 1.82) is 0 Å². The van der Waals surface area contributed by atoms with Gasteiger partial charge in [0.05, 0.1) is 5.69 Å². The zero-order valence-electron chi connectivity index (χ0n) is 10.6. The fraction of sp³-hybridized carbons (Fsp3) is 0.133. The highest BCUT2D eigenvalue weighted by Gasteiger charge is 2.16. The fourth-order valence-electron chi connectivity index (χ4n) is 1.76. The van der Waals surface area contributed by atoms with Crippen LogP contribution < -0.4 is 11.1 Å². The molecule has 3 nitrogen and oxygen atoms in total. The van der Waals surface area contributed by atoms with Gasteiger partial charge in [0.15, 0.2) is 0 Å². The highest BCUT2D eigenvalue weighted by molar-refractivity contribution is 5.95. The molecule has 0 aromatic heterocycles. The number of hydrogen-bond acceptors (Lipinski definition) is 2. The number of carbonyl (C=O) groups is 1. The molecule has 0 aliphatic rings. The van der Waals surface area contributed by atoms with E-state index in [1.807, 2.05) is 13.0 Å². The molecular formula is C15H15FN2O. The first-order chi connectivity index (χ1) is 9.08. The zero-order valence-corrected chi connectivity index (χ0v) is 10.6. The topological polar surface area (TPSA) is 55.1 Å². The first kappa shape index (κ1) is 13.2. The van der Waals surface area contributed by atoms with Crippen molar-refractivity contribution in [3.63, 3.8) is 0 Å². The van der Waals surface area contributed by atoms with Crippen LogP contribution in [0, 0.1) is 12.7 Å². The van der Waals surface area contributed by atoms with Crippen molar-refractivity contribution in [2.75, 3.05) is 5.32 Å². The van der Waals surface area contributed by atoms with Crippen LogP contribution in [0.2, 0.25) is 0 Å². The van der Waals surface area contributed by atoms with Crippen LogP contribution in [0.25, 0.3) is 0 Å². The van der Waals surface area contributed by atoms with Crippen LogP contribution in [0.15, 0.2) is 48.5 Å². The van der Waals surface area contributed by atoms with Gasteiger partial charge in [-0.1, -0.05) is 36.4 Å². The Balaban J connectivity index is 2.15. The number of rotatable bonds is 3. The zero-order chi connectivity index (χ0) is 13.8. The molecule has 0 unspecified atom stereocenters. The Bertz CT molecular complexity index is 584. The number of hydrogen-bond donors (Lipinski definition) is 2. The lowest BCUT2D eigenvalue weighted by Gasteiger charge is -2.13. The molecule has 0 aliphatic heterocycles. The Hall–Kier alpha value is -2.20. The van der Waals surface area contributed by atoms with E-state index in [0.717, 1.165) is 5.56 Å². The predicted molar refractivity (Wildman–Crippen MR) is 73.1 cm³/mol. The second-order valence-electron chi connectivity index (χ2n) is 4.36. The Morgan fingerprint density at radius 2 is 1.89 bits per heavy atom. The van der Waals surface area contributed by atoms with E-state index < -0.39 is 17.8 Å². The molecule has 19 heavy (non-hydrogen) atoms. The molecule has 0 saturated heterocycles. The standard InChI is InChI=1S/C15H15FN2O/c1-10-7-8-12(16)13(9-10)18-15(19)14(17)11-5-3-2-4-6-11/h2-9,14H,17H2,1H3,(H,18,19)/t14-/m0/s1. The summed E-state index contributed by atoms with van der Waals surface area (Å²) in [4.78, 5) is 12.0. The molecule has 0 radical (unpaired) electrons. The van der Waals surface area contributed by atoms with Gasteiger partial charge in [-0.05, 0) is 30.2 Å². The van der Waals surface area contributed by atoms with Gasteiger partial charge in [-0.25, -0.2) is 4.39 Å². The molecule has 0 aliphatic carbocycles. The third-order valence-electron chi connectivity index (χ3n) is 2.82. The third-order valence-corrected chi connectivity index (χ3v) is 2.82. The lowest BCUT2D eigenvalue weighted by Crippen LogP contribution is -2.28. The quantitative estimate of drug-likeness (QED) is 0.889. The average Bonchev–Trinajstić information content (AvgIpc) is 2.43. The Labute approximate surface area is 111 Å². The number of nitrogens with one attached hydrogen (secondary N) is 1. The SMILES string of the molecule is Cc1ccc(F)c(NC(=O)[C@@H](N)c2ccccc2)c1. The van der Waals surface area contributed by atoms with E-state index in [1.54, 1.807) is 36.4 Å². The highest BCUT2D eigenvalue weighted by atomic mass is 19.1. The van der Waals surface area contributed by atoms with Gasteiger partial charge in [-0.2, -0.15) is 0 Å². The number of amides is 1. The van der Waals surface area contributed by atoms with Crippen molar-refractivity contribution in [2.45, 2.75) is 13.0 Å². The van der Waals surface area contributed by atoms with Gasteiger partial charge in [0.2, 0.25) is 5.91 Å². The normalized spacial score (nSPS) is 11.9. The van der Waals surface area contributed by atoms with Crippen LogP contribution in [-0.4, -0.2) is 5.91 Å². The summed E-state index contributed by atoms with van der Waals surface area (Å²) in [6.07, 6.45) is 0. The number of nitrogens with two attached hydrogens (primary N) is 1. The Morgan fingerprint density at radius 3 is 2.58 bits per heavy atom. The maximum Gasteiger partial charge on any atom is 0.245 e. The van der Waals surface area contributed by atoms with Crippen LogP contribution in [-0.2, 0) is 4.79 Å². The molecule has 2 rings (SSSR count). The molecule has 2 aromatic carbocycles.